The molecule has 36 heavy (non-hydrogen) atoms. The molecule has 204 valence electrons. The van der Waals surface area contributed by atoms with Gasteiger partial charge in [0, 0.05) is 50.8 Å². The van der Waals surface area contributed by atoms with Crippen LogP contribution in [0.5, 0.6) is 0 Å². The fourth-order valence-corrected chi connectivity index (χ4v) is 4.33. The van der Waals surface area contributed by atoms with E-state index in [9.17, 15) is 8.42 Å². The summed E-state index contributed by atoms with van der Waals surface area (Å²) in [5.74, 6) is 0. The van der Waals surface area contributed by atoms with Crippen LogP contribution in [-0.4, -0.2) is 92.9 Å². The van der Waals surface area contributed by atoms with Crippen molar-refractivity contribution in [2.75, 3.05) is 54.4 Å². The van der Waals surface area contributed by atoms with Gasteiger partial charge in [0.05, 0.1) is 4.90 Å². The normalized spacial score (nSPS) is 12.8. The molecule has 0 bridgehead atoms. The molecule has 0 atom stereocenters. The molecule has 2 aromatic carbocycles. The summed E-state index contributed by atoms with van der Waals surface area (Å²) in [6.07, 6.45) is 0. The Morgan fingerprint density at radius 2 is 1.03 bits per heavy atom. The van der Waals surface area contributed by atoms with Gasteiger partial charge in [0.2, 0.25) is 10.0 Å². The standard InChI is InChI=1S/C15H26N2.C14H24N2O2S/c1-15(2,3)17(5)12-11-16(4)13-14-9-7-6-8-10-14;1-14(2,3)15(4)11-12-16(5)19(17,18)13-9-7-6-8-10-13/h6-10H,11-13H2,1-5H3;6-10H,11-12H2,1-5H3. The average molecular weight is 519 g/mol. The van der Waals surface area contributed by atoms with Crippen molar-refractivity contribution in [2.24, 2.45) is 0 Å². The minimum absolute atomic E-state index is 0.0390. The molecule has 0 radical (unpaired) electrons. The first-order valence-corrected chi connectivity index (χ1v) is 14.2. The van der Waals surface area contributed by atoms with Crippen LogP contribution in [0.15, 0.2) is 65.6 Å². The number of benzene rings is 2. The lowest BCUT2D eigenvalue weighted by Crippen LogP contribution is -2.43. The molecule has 6 nitrogen and oxygen atoms in total. The van der Waals surface area contributed by atoms with Crippen molar-refractivity contribution < 1.29 is 8.42 Å². The van der Waals surface area contributed by atoms with Gasteiger partial charge >= 0.3 is 0 Å². The second kappa shape index (κ2) is 14.2. The molecule has 0 spiro atoms. The summed E-state index contributed by atoms with van der Waals surface area (Å²) in [5, 5.41) is 0. The van der Waals surface area contributed by atoms with Crippen molar-refractivity contribution in [1.82, 2.24) is 19.0 Å². The third-order valence-corrected chi connectivity index (χ3v) is 8.48. The third kappa shape index (κ3) is 11.5. The number of rotatable bonds is 10. The first-order chi connectivity index (χ1) is 16.5. The van der Waals surface area contributed by atoms with Crippen molar-refractivity contribution in [3.63, 3.8) is 0 Å². The molecule has 2 aromatic rings. The third-order valence-electron chi connectivity index (χ3n) is 6.60. The van der Waals surface area contributed by atoms with Gasteiger partial charge in [-0.3, -0.25) is 0 Å². The average Bonchev–Trinajstić information content (AvgIpc) is 2.81. The molecule has 0 amide bonds. The van der Waals surface area contributed by atoms with E-state index in [2.05, 4.69) is 101 Å². The van der Waals surface area contributed by atoms with Crippen LogP contribution in [0.25, 0.3) is 0 Å². The summed E-state index contributed by atoms with van der Waals surface area (Å²) in [4.78, 5) is 7.26. The van der Waals surface area contributed by atoms with Gasteiger partial charge < -0.3 is 14.7 Å². The van der Waals surface area contributed by atoms with E-state index >= 15 is 0 Å². The molecule has 0 aliphatic carbocycles. The Labute approximate surface area is 221 Å². The maximum atomic E-state index is 12.3. The molecule has 0 saturated heterocycles. The molecule has 0 unspecified atom stereocenters. The summed E-state index contributed by atoms with van der Waals surface area (Å²) >= 11 is 0. The molecule has 2 rings (SSSR count). The Kier molecular flexibility index (Phi) is 12.8. The number of likely N-dealkylation sites (N-methyl/N-ethyl adjacent to an activating group) is 4. The molecular formula is C29H50N4O2S. The van der Waals surface area contributed by atoms with E-state index in [4.69, 9.17) is 0 Å². The smallest absolute Gasteiger partial charge is 0.242 e. The zero-order valence-corrected chi connectivity index (χ0v) is 25.1. The number of nitrogens with zero attached hydrogens (tertiary/aromatic N) is 4. The van der Waals surface area contributed by atoms with Crippen LogP contribution >= 0.6 is 0 Å². The fourth-order valence-electron chi connectivity index (χ4n) is 3.15. The molecule has 0 aromatic heterocycles. The number of hydrogen-bond donors (Lipinski definition) is 0. The van der Waals surface area contributed by atoms with E-state index in [0.29, 0.717) is 18.0 Å². The highest BCUT2D eigenvalue weighted by molar-refractivity contribution is 7.89. The highest BCUT2D eigenvalue weighted by Gasteiger charge is 2.23. The highest BCUT2D eigenvalue weighted by Crippen LogP contribution is 2.15. The first kappa shape index (κ1) is 32.3. The Hall–Kier alpha value is -1.77. The van der Waals surface area contributed by atoms with Gasteiger partial charge in [-0.05, 0) is 80.4 Å². The van der Waals surface area contributed by atoms with Crippen molar-refractivity contribution in [3.05, 3.63) is 66.2 Å². The fraction of sp³-hybridized carbons (Fsp3) is 0.586. The first-order valence-electron chi connectivity index (χ1n) is 12.7. The second-order valence-electron chi connectivity index (χ2n) is 11.5. The van der Waals surface area contributed by atoms with E-state index < -0.39 is 10.0 Å². The second-order valence-corrected chi connectivity index (χ2v) is 13.6. The highest BCUT2D eigenvalue weighted by atomic mass is 32.2. The maximum absolute atomic E-state index is 12.3. The zero-order chi connectivity index (χ0) is 27.6. The quantitative estimate of drug-likeness (QED) is 0.448. The van der Waals surface area contributed by atoms with E-state index in [1.54, 1.807) is 31.3 Å². The van der Waals surface area contributed by atoms with Gasteiger partial charge in [-0.1, -0.05) is 48.5 Å². The molecule has 0 aliphatic rings. The predicted octanol–water partition coefficient (Wildman–Crippen LogP) is 4.89. The van der Waals surface area contributed by atoms with Crippen molar-refractivity contribution in [2.45, 2.75) is 64.1 Å². The largest absolute Gasteiger partial charge is 0.301 e. The molecule has 7 heteroatoms. The number of hydrogen-bond acceptors (Lipinski definition) is 5. The van der Waals surface area contributed by atoms with E-state index in [1.807, 2.05) is 13.1 Å². The summed E-state index contributed by atoms with van der Waals surface area (Å²) in [6, 6.07) is 19.2. The number of sulfonamides is 1. The molecule has 0 fully saturated rings. The van der Waals surface area contributed by atoms with Gasteiger partial charge in [-0.25, -0.2) is 8.42 Å². The van der Waals surface area contributed by atoms with Crippen LogP contribution in [0, 0.1) is 0 Å². The molecule has 0 heterocycles. The monoisotopic (exact) mass is 518 g/mol. The lowest BCUT2D eigenvalue weighted by atomic mass is 10.1. The topological polar surface area (TPSA) is 47.1 Å². The van der Waals surface area contributed by atoms with Gasteiger partial charge in [0.25, 0.3) is 0 Å². The van der Waals surface area contributed by atoms with E-state index in [0.717, 1.165) is 19.6 Å². The van der Waals surface area contributed by atoms with Crippen molar-refractivity contribution in [3.8, 4) is 0 Å². The molecule has 0 aliphatic heterocycles. The summed E-state index contributed by atoms with van der Waals surface area (Å²) in [5.41, 5.74) is 1.68. The molecular weight excluding hydrogens is 468 g/mol. The van der Waals surface area contributed by atoms with Gasteiger partial charge in [-0.2, -0.15) is 4.31 Å². The summed E-state index contributed by atoms with van der Waals surface area (Å²) < 4.78 is 26.0. The minimum atomic E-state index is -3.37. The Morgan fingerprint density at radius 3 is 1.47 bits per heavy atom. The lowest BCUT2D eigenvalue weighted by Gasteiger charge is -2.33. The molecule has 0 N–H and O–H groups in total. The van der Waals surface area contributed by atoms with Gasteiger partial charge in [-0.15, -0.1) is 0 Å². The Morgan fingerprint density at radius 1 is 0.611 bits per heavy atom. The van der Waals surface area contributed by atoms with E-state index in [-0.39, 0.29) is 11.1 Å². The predicted molar refractivity (Wildman–Crippen MR) is 154 cm³/mol. The van der Waals surface area contributed by atoms with Gasteiger partial charge in [0.1, 0.15) is 0 Å². The zero-order valence-electron chi connectivity index (χ0n) is 24.3. The SMILES string of the molecule is CN(CCN(C)C(C)(C)C)Cc1ccccc1.CN(CCN(C)S(=O)(=O)c1ccccc1)C(C)(C)C. The lowest BCUT2D eigenvalue weighted by molar-refractivity contribution is 0.153. The van der Waals surface area contributed by atoms with Crippen LogP contribution in [0.2, 0.25) is 0 Å². The Balaban J connectivity index is 0.000000362. The van der Waals surface area contributed by atoms with Crippen LogP contribution in [0.1, 0.15) is 47.1 Å². The van der Waals surface area contributed by atoms with Gasteiger partial charge in [0.15, 0.2) is 0 Å². The Bertz CT molecular complexity index is 968. The van der Waals surface area contributed by atoms with Crippen LogP contribution < -0.4 is 0 Å². The maximum Gasteiger partial charge on any atom is 0.242 e. The van der Waals surface area contributed by atoms with E-state index in [1.165, 1.54) is 9.87 Å². The van der Waals surface area contributed by atoms with Crippen molar-refractivity contribution >= 4 is 10.0 Å². The van der Waals surface area contributed by atoms with Crippen LogP contribution in [-0.2, 0) is 16.6 Å². The van der Waals surface area contributed by atoms with Crippen LogP contribution in [0.4, 0.5) is 0 Å². The van der Waals surface area contributed by atoms with Crippen molar-refractivity contribution in [1.29, 1.82) is 0 Å². The summed E-state index contributed by atoms with van der Waals surface area (Å²) in [6.45, 7) is 17.5. The van der Waals surface area contributed by atoms with Crippen LogP contribution in [0.3, 0.4) is 0 Å². The molecule has 0 saturated carbocycles. The minimum Gasteiger partial charge on any atom is -0.301 e. The summed E-state index contributed by atoms with van der Waals surface area (Å²) in [7, 11) is 4.63.